The van der Waals surface area contributed by atoms with Crippen molar-refractivity contribution in [3.05, 3.63) is 83.4 Å². The molecule has 1 aliphatic heterocycles. The van der Waals surface area contributed by atoms with Crippen LogP contribution in [-0.2, 0) is 40.2 Å². The molecule has 0 aromatic heterocycles. The van der Waals surface area contributed by atoms with E-state index in [1.807, 2.05) is 39.5 Å². The number of benzene rings is 2. The first-order valence-electron chi connectivity index (χ1n) is 14.6. The lowest BCUT2D eigenvalue weighted by Crippen LogP contribution is -2.56. The Morgan fingerprint density at radius 2 is 1.51 bits per heavy atom. The summed E-state index contributed by atoms with van der Waals surface area (Å²) in [5, 5.41) is 5.72. The maximum Gasteiger partial charge on any atom is 0.246 e. The molecule has 0 radical (unpaired) electrons. The van der Waals surface area contributed by atoms with Gasteiger partial charge in [-0.1, -0.05) is 82.6 Å². The number of hydrogen-bond acceptors (Lipinski definition) is 4. The molecule has 0 saturated carbocycles. The molecule has 234 valence electrons. The first kappa shape index (κ1) is 37.6. The van der Waals surface area contributed by atoms with Gasteiger partial charge in [-0.2, -0.15) is 0 Å². The molecule has 7 nitrogen and oxygen atoms in total. The predicted octanol–water partition coefficient (Wildman–Crippen LogP) is 5.86. The fraction of sp³-hybridized carbons (Fsp3) is 0.500. The first-order valence-corrected chi connectivity index (χ1v) is 14.6. The van der Waals surface area contributed by atoms with Gasteiger partial charge >= 0.3 is 0 Å². The molecule has 1 atom stereocenters. The van der Waals surface area contributed by atoms with Crippen LogP contribution in [0.4, 0.5) is 0 Å². The van der Waals surface area contributed by atoms with Gasteiger partial charge in [-0.3, -0.25) is 14.4 Å². The molecule has 7 heteroatoms. The van der Waals surface area contributed by atoms with Gasteiger partial charge in [0.25, 0.3) is 0 Å². The number of rotatable bonds is 4. The van der Waals surface area contributed by atoms with Crippen molar-refractivity contribution < 1.29 is 18.7 Å². The molecule has 1 aliphatic carbocycles. The Labute approximate surface area is 253 Å². The van der Waals surface area contributed by atoms with Crippen LogP contribution in [0.3, 0.4) is 0 Å². The molecule has 0 fully saturated rings. The lowest BCUT2D eigenvalue weighted by Gasteiger charge is -2.37. The van der Waals surface area contributed by atoms with Gasteiger partial charge in [0.15, 0.2) is 0 Å². The average Bonchev–Trinajstić information content (AvgIpc) is 2.97. The smallest absolute Gasteiger partial charge is 0.246 e. The number of carbonyl (C=O) groups excluding carboxylic acids is 3. The third kappa shape index (κ3) is 13.2. The van der Waals surface area contributed by atoms with Crippen LogP contribution in [0, 0.1) is 12.3 Å². The maximum absolute atomic E-state index is 13.1. The van der Waals surface area contributed by atoms with Crippen molar-refractivity contribution in [1.29, 1.82) is 0 Å². The van der Waals surface area contributed by atoms with Gasteiger partial charge in [-0.05, 0) is 73.7 Å². The number of amides is 3. The molecule has 0 bridgehead atoms. The lowest BCUT2D eigenvalue weighted by atomic mass is 9.85. The fourth-order valence-electron chi connectivity index (χ4n) is 4.75. The van der Waals surface area contributed by atoms with Crippen molar-refractivity contribution in [2.75, 3.05) is 20.1 Å². The quantitative estimate of drug-likeness (QED) is 0.315. The highest BCUT2D eigenvalue weighted by Gasteiger charge is 2.36. The summed E-state index contributed by atoms with van der Waals surface area (Å²) in [6, 6.07) is 14.7. The molecule has 41 heavy (non-hydrogen) atoms. The fourth-order valence-corrected chi connectivity index (χ4v) is 4.75. The van der Waals surface area contributed by atoms with Crippen LogP contribution in [0.1, 0.15) is 79.6 Å². The molecule has 0 unspecified atom stereocenters. The third-order valence-electron chi connectivity index (χ3n) is 6.70. The summed E-state index contributed by atoms with van der Waals surface area (Å²) in [7, 11) is 1.72. The Morgan fingerprint density at radius 3 is 2.00 bits per heavy atom. The van der Waals surface area contributed by atoms with Crippen molar-refractivity contribution in [2.45, 2.75) is 86.2 Å². The van der Waals surface area contributed by atoms with Crippen LogP contribution in [0.5, 0.6) is 0 Å². The average molecular weight is 573 g/mol. The Morgan fingerprint density at radius 1 is 1.00 bits per heavy atom. The molecule has 0 saturated heterocycles. The van der Waals surface area contributed by atoms with Crippen molar-refractivity contribution in [3.63, 3.8) is 0 Å². The van der Waals surface area contributed by atoms with E-state index in [0.29, 0.717) is 13.1 Å². The van der Waals surface area contributed by atoms with Gasteiger partial charge < -0.3 is 21.3 Å². The molecule has 2 aliphatic rings. The van der Waals surface area contributed by atoms with Gasteiger partial charge in [-0.25, -0.2) is 0 Å². The van der Waals surface area contributed by atoms with Crippen LogP contribution in [0.15, 0.2) is 55.6 Å². The van der Waals surface area contributed by atoms with Crippen LogP contribution in [0.2, 0.25) is 0 Å². The second-order valence-corrected chi connectivity index (χ2v) is 10.8. The normalized spacial score (nSPS) is 13.7. The Hall–Kier alpha value is -3.45. The maximum atomic E-state index is 13.1. The lowest BCUT2D eigenvalue weighted by molar-refractivity contribution is -0.140. The van der Waals surface area contributed by atoms with Gasteiger partial charge in [-0.15, -0.1) is 13.2 Å². The molecule has 3 amide bonds. The Bertz CT molecular complexity index is 1050. The molecular weight excluding hydrogens is 512 g/mol. The van der Waals surface area contributed by atoms with E-state index in [2.05, 4.69) is 78.9 Å². The number of nitrogens with two attached hydrogens (primary N) is 1. The zero-order chi connectivity index (χ0) is 31.4. The number of aryl methyl sites for hydroxylation is 3. The number of nitrogens with one attached hydrogen (secondary N) is 2. The summed E-state index contributed by atoms with van der Waals surface area (Å²) in [5.74, 6) is -0.155. The van der Waals surface area contributed by atoms with E-state index in [9.17, 15) is 9.59 Å². The van der Waals surface area contributed by atoms with E-state index in [4.69, 9.17) is 4.79 Å². The summed E-state index contributed by atoms with van der Waals surface area (Å²) in [4.78, 5) is 35.5. The number of hydrogen-bond donors (Lipinski definition) is 3. The highest BCUT2D eigenvalue weighted by Crippen LogP contribution is 2.25. The minimum atomic E-state index is -0.523. The predicted molar refractivity (Wildman–Crippen MR) is 178 cm³/mol. The van der Waals surface area contributed by atoms with E-state index in [0.717, 1.165) is 6.42 Å². The van der Waals surface area contributed by atoms with E-state index in [1.165, 1.54) is 42.4 Å². The number of fused-ring (bicyclic) bond motifs is 2. The molecule has 2 aromatic rings. The Kier molecular flexibility index (Phi) is 18.7. The Balaban J connectivity index is -0.000000334. The van der Waals surface area contributed by atoms with E-state index in [1.54, 1.807) is 18.2 Å². The zero-order valence-electron chi connectivity index (χ0n) is 26.5. The SMILES string of the molecule is C=C.CC.CNCC(=O)N[C@H](C(=O)N1CCc2ccc(C)cc2C1)C(C)(C)C.NC=O.[HH].[HH].[HH].c1ccc2c(c1)CCCC2. The minimum absolute atomic E-state index is 0. The van der Waals surface area contributed by atoms with E-state index in [-0.39, 0.29) is 34.5 Å². The molecule has 2 aromatic carbocycles. The van der Waals surface area contributed by atoms with Gasteiger partial charge in [0.2, 0.25) is 18.2 Å². The second kappa shape index (κ2) is 20.4. The number of nitrogens with zero attached hydrogens (tertiary/aromatic N) is 1. The van der Waals surface area contributed by atoms with Crippen molar-refractivity contribution in [1.82, 2.24) is 15.5 Å². The highest BCUT2D eigenvalue weighted by molar-refractivity contribution is 5.89. The van der Waals surface area contributed by atoms with Gasteiger partial charge in [0.1, 0.15) is 6.04 Å². The molecular formula is C34H60N4O3. The monoisotopic (exact) mass is 572 g/mol. The summed E-state index contributed by atoms with van der Waals surface area (Å²) in [5.41, 5.74) is 10.7. The number of primary amides is 1. The van der Waals surface area contributed by atoms with E-state index < -0.39 is 6.04 Å². The number of carbonyl (C=O) groups is 3. The van der Waals surface area contributed by atoms with Crippen LogP contribution in [-0.4, -0.2) is 49.3 Å². The largest absolute Gasteiger partial charge is 0.372 e. The molecule has 1 heterocycles. The molecule has 0 spiro atoms. The summed E-state index contributed by atoms with van der Waals surface area (Å²) in [6.45, 7) is 19.5. The minimum Gasteiger partial charge on any atom is -0.372 e. The van der Waals surface area contributed by atoms with Crippen LogP contribution >= 0.6 is 0 Å². The van der Waals surface area contributed by atoms with Gasteiger partial charge in [0.05, 0.1) is 6.54 Å². The third-order valence-corrected chi connectivity index (χ3v) is 6.70. The van der Waals surface area contributed by atoms with Crippen LogP contribution < -0.4 is 16.4 Å². The summed E-state index contributed by atoms with van der Waals surface area (Å²) in [6.07, 6.45) is 6.49. The summed E-state index contributed by atoms with van der Waals surface area (Å²) < 4.78 is 0. The highest BCUT2D eigenvalue weighted by atomic mass is 16.2. The van der Waals surface area contributed by atoms with E-state index >= 15 is 0 Å². The summed E-state index contributed by atoms with van der Waals surface area (Å²) >= 11 is 0. The van der Waals surface area contributed by atoms with Crippen LogP contribution in [0.25, 0.3) is 0 Å². The number of likely N-dealkylation sites (N-methyl/N-ethyl adjacent to an activating group) is 1. The zero-order valence-corrected chi connectivity index (χ0v) is 26.5. The van der Waals surface area contributed by atoms with Gasteiger partial charge in [0, 0.05) is 17.4 Å². The standard InChI is InChI=1S/C19H29N3O2.C10H12.C2H6.C2H4.CH3NO.3H2/c1-13-6-7-14-8-9-22(12-15(14)10-13)18(24)17(19(2,3)4)21-16(23)11-20-5;1-2-6-10-8-4-3-7-9(10)5-1;2*1-2;2-1-3;;;/h6-7,10,17,20H,8-9,11-12H2,1-5H3,(H,21,23);1-2,5-6H,3-4,7-8H2;1-2H3;1-2H2;1H,(H2,2,3);3*1H/t17-;;;;;;;/m1......./s1. The second-order valence-electron chi connectivity index (χ2n) is 10.8. The first-order chi connectivity index (χ1) is 19.6. The van der Waals surface area contributed by atoms with Crippen molar-refractivity contribution in [3.8, 4) is 0 Å². The molecule has 4 rings (SSSR count). The molecule has 4 N–H and O–H groups in total. The topological polar surface area (TPSA) is 105 Å². The van der Waals surface area contributed by atoms with Crippen molar-refractivity contribution >= 4 is 18.2 Å². The van der Waals surface area contributed by atoms with Crippen molar-refractivity contribution in [2.24, 2.45) is 11.1 Å².